The lowest BCUT2D eigenvalue weighted by Gasteiger charge is -1.31. The highest BCUT2D eigenvalue weighted by Crippen LogP contribution is 1.38. The predicted octanol–water partition coefficient (Wildman–Crippen LogP) is 2.50. The third-order valence-electron chi connectivity index (χ3n) is 0. The van der Waals surface area contributed by atoms with Crippen LogP contribution in [-0.4, -0.2) is 0 Å². The summed E-state index contributed by atoms with van der Waals surface area (Å²) in [7, 11) is 0. The van der Waals surface area contributed by atoms with Crippen LogP contribution >= 0.6 is 13.5 Å². The van der Waals surface area contributed by atoms with Gasteiger partial charge in [-0.1, -0.05) is 12.2 Å². The Balaban J connectivity index is -0.0000000400. The van der Waals surface area contributed by atoms with Crippen molar-refractivity contribution in [2.75, 3.05) is 0 Å². The molecule has 0 heterocycles. The SMILES string of the molecule is C=CC.C=CC.S. The summed E-state index contributed by atoms with van der Waals surface area (Å²) in [5.41, 5.74) is 0. The maximum atomic E-state index is 3.36. The van der Waals surface area contributed by atoms with Gasteiger partial charge in [-0.15, -0.1) is 13.2 Å². The second-order valence-electron chi connectivity index (χ2n) is 0.816. The summed E-state index contributed by atoms with van der Waals surface area (Å²) in [6, 6.07) is 0. The third-order valence-corrected chi connectivity index (χ3v) is 0. The summed E-state index contributed by atoms with van der Waals surface area (Å²) in [5, 5.41) is 0. The summed E-state index contributed by atoms with van der Waals surface area (Å²) in [5.74, 6) is 0. The van der Waals surface area contributed by atoms with Crippen LogP contribution in [0.3, 0.4) is 0 Å². The van der Waals surface area contributed by atoms with Crippen molar-refractivity contribution in [2.24, 2.45) is 0 Å². The molecule has 0 fully saturated rings. The van der Waals surface area contributed by atoms with Gasteiger partial charge in [-0.2, -0.15) is 13.5 Å². The highest BCUT2D eigenvalue weighted by molar-refractivity contribution is 7.59. The van der Waals surface area contributed by atoms with E-state index >= 15 is 0 Å². The van der Waals surface area contributed by atoms with Crippen molar-refractivity contribution in [1.29, 1.82) is 0 Å². The maximum Gasteiger partial charge on any atom is -0.0473 e. The van der Waals surface area contributed by atoms with E-state index in [1.54, 1.807) is 12.2 Å². The highest BCUT2D eigenvalue weighted by atomic mass is 32.1. The second-order valence-corrected chi connectivity index (χ2v) is 0.816. The standard InChI is InChI=1S/2C3H6.H2S/c2*1-3-2;/h2*3H,1H2,2H3;1H2. The molecule has 0 aliphatic carbocycles. The fourth-order valence-electron chi connectivity index (χ4n) is 0. The van der Waals surface area contributed by atoms with Gasteiger partial charge in [0.25, 0.3) is 0 Å². The minimum absolute atomic E-state index is 0. The van der Waals surface area contributed by atoms with Gasteiger partial charge in [0.15, 0.2) is 0 Å². The molecule has 0 unspecified atom stereocenters. The average Bonchev–Trinajstić information content (AvgIpc) is 1.39. The fraction of sp³-hybridized carbons (Fsp3) is 0.333. The quantitative estimate of drug-likeness (QED) is 0.429. The minimum Gasteiger partial charge on any atom is -0.197 e. The van der Waals surface area contributed by atoms with E-state index in [1.165, 1.54) is 0 Å². The third kappa shape index (κ3) is 2960. The summed E-state index contributed by atoms with van der Waals surface area (Å²) < 4.78 is 0. The first-order valence-electron chi connectivity index (χ1n) is 1.97. The van der Waals surface area contributed by atoms with Gasteiger partial charge in [-0.3, -0.25) is 0 Å². The van der Waals surface area contributed by atoms with Crippen LogP contribution in [-0.2, 0) is 0 Å². The maximum absolute atomic E-state index is 3.36. The summed E-state index contributed by atoms with van der Waals surface area (Å²) >= 11 is 0. The lowest BCUT2D eigenvalue weighted by Crippen LogP contribution is -1.07. The van der Waals surface area contributed by atoms with Gasteiger partial charge in [0.1, 0.15) is 0 Å². The predicted molar refractivity (Wildman–Crippen MR) is 42.1 cm³/mol. The second kappa shape index (κ2) is 40.6. The van der Waals surface area contributed by atoms with Crippen molar-refractivity contribution in [1.82, 2.24) is 0 Å². The van der Waals surface area contributed by atoms with E-state index in [4.69, 9.17) is 0 Å². The molecule has 7 heavy (non-hydrogen) atoms. The Labute approximate surface area is 53.4 Å². The highest BCUT2D eigenvalue weighted by Gasteiger charge is 1.15. The molecule has 0 aromatic heterocycles. The Morgan fingerprint density at radius 2 is 1.00 bits per heavy atom. The molecule has 0 amide bonds. The molecule has 0 atom stereocenters. The molecule has 0 spiro atoms. The monoisotopic (exact) mass is 118 g/mol. The molecule has 0 bridgehead atoms. The minimum atomic E-state index is 0. The van der Waals surface area contributed by atoms with Crippen molar-refractivity contribution < 1.29 is 0 Å². The van der Waals surface area contributed by atoms with E-state index < -0.39 is 0 Å². The van der Waals surface area contributed by atoms with Gasteiger partial charge in [0.2, 0.25) is 0 Å². The van der Waals surface area contributed by atoms with Crippen LogP contribution < -0.4 is 0 Å². The van der Waals surface area contributed by atoms with Gasteiger partial charge in [-0.05, 0) is 13.8 Å². The van der Waals surface area contributed by atoms with Crippen LogP contribution in [0, 0.1) is 0 Å². The average molecular weight is 118 g/mol. The Kier molecular flexibility index (Phi) is 91.8. The Morgan fingerprint density at radius 3 is 1.00 bits per heavy atom. The van der Waals surface area contributed by atoms with Crippen LogP contribution in [0.4, 0.5) is 0 Å². The lowest BCUT2D eigenvalue weighted by molar-refractivity contribution is 1.80. The molecule has 0 nitrogen and oxygen atoms in total. The van der Waals surface area contributed by atoms with E-state index in [9.17, 15) is 0 Å². The van der Waals surface area contributed by atoms with Gasteiger partial charge in [-0.25, -0.2) is 0 Å². The van der Waals surface area contributed by atoms with E-state index in [0.717, 1.165) is 0 Å². The normalized spacial score (nSPS) is 3.71. The molecular formula is C6H14S. The zero-order valence-electron chi connectivity index (χ0n) is 5.07. The van der Waals surface area contributed by atoms with Crippen molar-refractivity contribution in [3.8, 4) is 0 Å². The topological polar surface area (TPSA) is 0 Å². The van der Waals surface area contributed by atoms with Crippen molar-refractivity contribution in [3.63, 3.8) is 0 Å². The number of hydrogen-bond acceptors (Lipinski definition) is 0. The van der Waals surface area contributed by atoms with E-state index in [1.807, 2.05) is 13.8 Å². The summed E-state index contributed by atoms with van der Waals surface area (Å²) in [6.45, 7) is 10.5. The van der Waals surface area contributed by atoms with Crippen LogP contribution in [0.5, 0.6) is 0 Å². The molecule has 0 rings (SSSR count). The Morgan fingerprint density at radius 1 is 1.00 bits per heavy atom. The van der Waals surface area contributed by atoms with Gasteiger partial charge in [0.05, 0.1) is 0 Å². The van der Waals surface area contributed by atoms with E-state index in [0.29, 0.717) is 0 Å². The smallest absolute Gasteiger partial charge is 0.0473 e. The van der Waals surface area contributed by atoms with Crippen LogP contribution in [0.15, 0.2) is 25.3 Å². The number of hydrogen-bond donors (Lipinski definition) is 0. The van der Waals surface area contributed by atoms with Gasteiger partial charge < -0.3 is 0 Å². The van der Waals surface area contributed by atoms with Crippen molar-refractivity contribution in [3.05, 3.63) is 25.3 Å². The molecule has 0 aliphatic rings. The van der Waals surface area contributed by atoms with Crippen molar-refractivity contribution >= 4 is 13.5 Å². The molecule has 0 N–H and O–H groups in total. The van der Waals surface area contributed by atoms with Gasteiger partial charge >= 0.3 is 0 Å². The summed E-state index contributed by atoms with van der Waals surface area (Å²) in [4.78, 5) is 0. The van der Waals surface area contributed by atoms with Crippen molar-refractivity contribution in [2.45, 2.75) is 13.8 Å². The molecule has 0 saturated heterocycles. The zero-order valence-corrected chi connectivity index (χ0v) is 6.07. The molecule has 0 aromatic carbocycles. The van der Waals surface area contributed by atoms with E-state index in [-0.39, 0.29) is 13.5 Å². The van der Waals surface area contributed by atoms with Gasteiger partial charge in [0, 0.05) is 0 Å². The number of rotatable bonds is 0. The Bertz CT molecular complexity index is 25.2. The lowest BCUT2D eigenvalue weighted by atomic mass is 10.8. The molecular weight excluding hydrogens is 104 g/mol. The first-order chi connectivity index (χ1) is 2.83. The Hall–Kier alpha value is -0.170. The van der Waals surface area contributed by atoms with E-state index in [2.05, 4.69) is 13.2 Å². The zero-order chi connectivity index (χ0) is 5.41. The van der Waals surface area contributed by atoms with Crippen LogP contribution in [0.25, 0.3) is 0 Å². The molecule has 0 saturated carbocycles. The molecule has 0 radical (unpaired) electrons. The molecule has 0 aliphatic heterocycles. The molecule has 0 aromatic rings. The molecule has 1 heteroatoms. The first kappa shape index (κ1) is 15.8. The first-order valence-corrected chi connectivity index (χ1v) is 1.97. The fourth-order valence-corrected chi connectivity index (χ4v) is 0. The molecule has 44 valence electrons. The summed E-state index contributed by atoms with van der Waals surface area (Å²) in [6.07, 6.45) is 3.50. The van der Waals surface area contributed by atoms with Crippen LogP contribution in [0.2, 0.25) is 0 Å². The number of allylic oxidation sites excluding steroid dienone is 2. The van der Waals surface area contributed by atoms with Crippen LogP contribution in [0.1, 0.15) is 13.8 Å². The largest absolute Gasteiger partial charge is 0.197 e.